The molecule has 0 aliphatic carbocycles. The Hall–Kier alpha value is -1.42. The van der Waals surface area contributed by atoms with Crippen LogP contribution in [0.4, 0.5) is 10.1 Å². The molecule has 0 bridgehead atoms. The van der Waals surface area contributed by atoms with E-state index in [2.05, 4.69) is 17.1 Å². The van der Waals surface area contributed by atoms with Gasteiger partial charge in [0.15, 0.2) is 0 Å². The van der Waals surface area contributed by atoms with Gasteiger partial charge in [0.05, 0.1) is 6.54 Å². The highest BCUT2D eigenvalue weighted by molar-refractivity contribution is 5.92. The number of halogens is 1. The zero-order valence-corrected chi connectivity index (χ0v) is 11.1. The minimum Gasteiger partial charge on any atom is -0.325 e. The quantitative estimate of drug-likeness (QED) is 0.809. The van der Waals surface area contributed by atoms with Crippen molar-refractivity contribution in [2.24, 2.45) is 0 Å². The van der Waals surface area contributed by atoms with E-state index >= 15 is 0 Å². The lowest BCUT2D eigenvalue weighted by atomic mass is 10.3. The summed E-state index contributed by atoms with van der Waals surface area (Å²) in [6.07, 6.45) is 2.20. The van der Waals surface area contributed by atoms with Gasteiger partial charge in [-0.25, -0.2) is 4.39 Å². The maximum Gasteiger partial charge on any atom is 0.238 e. The first-order chi connectivity index (χ1) is 8.65. The van der Waals surface area contributed by atoms with Crippen LogP contribution in [-0.2, 0) is 4.79 Å². The Kier molecular flexibility index (Phi) is 6.36. The molecule has 1 N–H and O–H groups in total. The highest BCUT2D eigenvalue weighted by Gasteiger charge is 2.08. The second-order valence-electron chi connectivity index (χ2n) is 4.28. The van der Waals surface area contributed by atoms with Crippen LogP contribution in [-0.4, -0.2) is 30.4 Å². The highest BCUT2D eigenvalue weighted by Crippen LogP contribution is 2.09. The number of nitrogens with zero attached hydrogens (tertiary/aromatic N) is 1. The maximum absolute atomic E-state index is 13.0. The molecule has 0 aromatic heterocycles. The van der Waals surface area contributed by atoms with Crippen molar-refractivity contribution in [1.82, 2.24) is 4.90 Å². The number of likely N-dealkylation sites (N-methyl/N-ethyl adjacent to an activating group) is 1. The van der Waals surface area contributed by atoms with E-state index in [0.717, 1.165) is 25.9 Å². The highest BCUT2D eigenvalue weighted by atomic mass is 19.1. The lowest BCUT2D eigenvalue weighted by Gasteiger charge is -2.19. The molecule has 0 unspecified atom stereocenters. The molecule has 1 aromatic carbocycles. The number of nitrogens with one attached hydrogen (secondary N) is 1. The van der Waals surface area contributed by atoms with Gasteiger partial charge in [-0.15, -0.1) is 0 Å². The molecule has 0 saturated carbocycles. The molecule has 0 spiro atoms. The molecule has 3 nitrogen and oxygen atoms in total. The number of hydrogen-bond donors (Lipinski definition) is 1. The lowest BCUT2D eigenvalue weighted by Crippen LogP contribution is -2.33. The summed E-state index contributed by atoms with van der Waals surface area (Å²) in [7, 11) is 0. The number of carbonyl (C=O) groups is 1. The Morgan fingerprint density at radius 3 is 2.78 bits per heavy atom. The molecule has 0 atom stereocenters. The maximum atomic E-state index is 13.0. The van der Waals surface area contributed by atoms with E-state index in [1.165, 1.54) is 12.1 Å². The van der Waals surface area contributed by atoms with Crippen LogP contribution in [0.25, 0.3) is 0 Å². The number of benzene rings is 1. The van der Waals surface area contributed by atoms with E-state index in [1.54, 1.807) is 12.1 Å². The van der Waals surface area contributed by atoms with Crippen LogP contribution in [0.15, 0.2) is 24.3 Å². The number of unbranched alkanes of at least 4 members (excludes halogenated alkanes) is 1. The number of amides is 1. The summed E-state index contributed by atoms with van der Waals surface area (Å²) in [6, 6.07) is 5.94. The van der Waals surface area contributed by atoms with Gasteiger partial charge in [0.2, 0.25) is 5.91 Å². The molecule has 1 rings (SSSR count). The lowest BCUT2D eigenvalue weighted by molar-refractivity contribution is -0.117. The number of rotatable bonds is 7. The van der Waals surface area contributed by atoms with Crippen LogP contribution in [0.1, 0.15) is 26.7 Å². The Labute approximate surface area is 108 Å². The number of anilines is 1. The SMILES string of the molecule is CCCCN(CC)CC(=O)Nc1cccc(F)c1. The summed E-state index contributed by atoms with van der Waals surface area (Å²) in [5.74, 6) is -0.440. The van der Waals surface area contributed by atoms with Gasteiger partial charge in [-0.1, -0.05) is 26.3 Å². The molecule has 0 aliphatic rings. The smallest absolute Gasteiger partial charge is 0.238 e. The molecular weight excluding hydrogens is 231 g/mol. The fraction of sp³-hybridized carbons (Fsp3) is 0.500. The zero-order chi connectivity index (χ0) is 13.4. The van der Waals surface area contributed by atoms with Crippen molar-refractivity contribution in [3.8, 4) is 0 Å². The molecular formula is C14H21FN2O. The van der Waals surface area contributed by atoms with Crippen molar-refractivity contribution >= 4 is 11.6 Å². The van der Waals surface area contributed by atoms with E-state index in [4.69, 9.17) is 0 Å². The largest absolute Gasteiger partial charge is 0.325 e. The molecule has 18 heavy (non-hydrogen) atoms. The van der Waals surface area contributed by atoms with Crippen LogP contribution >= 0.6 is 0 Å². The van der Waals surface area contributed by atoms with Crippen molar-refractivity contribution in [1.29, 1.82) is 0 Å². The van der Waals surface area contributed by atoms with Crippen molar-refractivity contribution in [3.63, 3.8) is 0 Å². The number of hydrogen-bond acceptors (Lipinski definition) is 2. The Balaban J connectivity index is 2.45. The Bertz CT molecular complexity index is 382. The third-order valence-electron chi connectivity index (χ3n) is 2.75. The third kappa shape index (κ3) is 5.27. The molecule has 0 aliphatic heterocycles. The van der Waals surface area contributed by atoms with E-state index < -0.39 is 0 Å². The van der Waals surface area contributed by atoms with Crippen molar-refractivity contribution < 1.29 is 9.18 Å². The van der Waals surface area contributed by atoms with E-state index in [9.17, 15) is 9.18 Å². The number of carbonyl (C=O) groups excluding carboxylic acids is 1. The van der Waals surface area contributed by atoms with Crippen LogP contribution < -0.4 is 5.32 Å². The van der Waals surface area contributed by atoms with Gasteiger partial charge in [0.1, 0.15) is 5.82 Å². The van der Waals surface area contributed by atoms with Gasteiger partial charge in [-0.2, -0.15) is 0 Å². The van der Waals surface area contributed by atoms with Crippen molar-refractivity contribution in [3.05, 3.63) is 30.1 Å². The second kappa shape index (κ2) is 7.82. The van der Waals surface area contributed by atoms with Crippen molar-refractivity contribution in [2.45, 2.75) is 26.7 Å². The summed E-state index contributed by atoms with van der Waals surface area (Å²) in [4.78, 5) is 13.9. The zero-order valence-electron chi connectivity index (χ0n) is 11.1. The molecule has 1 amide bonds. The van der Waals surface area contributed by atoms with Crippen LogP contribution in [0, 0.1) is 5.82 Å². The average molecular weight is 252 g/mol. The van der Waals surface area contributed by atoms with Gasteiger partial charge < -0.3 is 5.32 Å². The fourth-order valence-corrected chi connectivity index (χ4v) is 1.70. The normalized spacial score (nSPS) is 10.7. The summed E-state index contributed by atoms with van der Waals surface area (Å²) in [6.45, 7) is 6.28. The molecule has 0 fully saturated rings. The molecule has 4 heteroatoms. The summed E-state index contributed by atoms with van der Waals surface area (Å²) < 4.78 is 13.0. The minimum atomic E-state index is -0.342. The van der Waals surface area contributed by atoms with Gasteiger partial charge >= 0.3 is 0 Å². The predicted octanol–water partition coefficient (Wildman–Crippen LogP) is 2.89. The van der Waals surface area contributed by atoms with Gasteiger partial charge in [-0.05, 0) is 37.7 Å². The standard InChI is InChI=1S/C14H21FN2O/c1-3-5-9-17(4-2)11-14(18)16-13-8-6-7-12(15)10-13/h6-8,10H,3-5,9,11H2,1-2H3,(H,16,18). The van der Waals surface area contributed by atoms with Gasteiger partial charge in [0, 0.05) is 5.69 Å². The Morgan fingerprint density at radius 2 is 2.17 bits per heavy atom. The van der Waals surface area contributed by atoms with Crippen LogP contribution in [0.5, 0.6) is 0 Å². The first-order valence-corrected chi connectivity index (χ1v) is 6.43. The third-order valence-corrected chi connectivity index (χ3v) is 2.75. The van der Waals surface area contributed by atoms with E-state index in [1.807, 2.05) is 6.92 Å². The van der Waals surface area contributed by atoms with Crippen molar-refractivity contribution in [2.75, 3.05) is 25.0 Å². The van der Waals surface area contributed by atoms with Crippen LogP contribution in [0.2, 0.25) is 0 Å². The Morgan fingerprint density at radius 1 is 1.39 bits per heavy atom. The van der Waals surface area contributed by atoms with Gasteiger partial charge in [0.25, 0.3) is 0 Å². The predicted molar refractivity (Wildman–Crippen MR) is 72.1 cm³/mol. The average Bonchev–Trinajstić information content (AvgIpc) is 2.34. The molecule has 100 valence electrons. The molecule has 0 heterocycles. The molecule has 1 aromatic rings. The van der Waals surface area contributed by atoms with E-state index in [0.29, 0.717) is 12.2 Å². The van der Waals surface area contributed by atoms with Gasteiger partial charge in [-0.3, -0.25) is 9.69 Å². The molecule has 0 saturated heterocycles. The monoisotopic (exact) mass is 252 g/mol. The fourth-order valence-electron chi connectivity index (χ4n) is 1.70. The molecule has 0 radical (unpaired) electrons. The summed E-state index contributed by atoms with van der Waals surface area (Å²) >= 11 is 0. The topological polar surface area (TPSA) is 32.3 Å². The van der Waals surface area contributed by atoms with E-state index in [-0.39, 0.29) is 11.7 Å². The second-order valence-corrected chi connectivity index (χ2v) is 4.28. The van der Waals surface area contributed by atoms with Crippen LogP contribution in [0.3, 0.4) is 0 Å². The minimum absolute atomic E-state index is 0.0986. The first-order valence-electron chi connectivity index (χ1n) is 6.43. The summed E-state index contributed by atoms with van der Waals surface area (Å²) in [5.41, 5.74) is 0.506. The first kappa shape index (κ1) is 14.6. The summed E-state index contributed by atoms with van der Waals surface area (Å²) in [5, 5.41) is 2.70.